The summed E-state index contributed by atoms with van der Waals surface area (Å²) in [6.07, 6.45) is 1.59. The first kappa shape index (κ1) is 20.4. The smallest absolute Gasteiger partial charge is 0.251 e. The fourth-order valence-electron chi connectivity index (χ4n) is 3.42. The van der Waals surface area contributed by atoms with E-state index in [0.717, 1.165) is 5.56 Å². The molecule has 0 saturated carbocycles. The van der Waals surface area contributed by atoms with Crippen LogP contribution in [0.2, 0.25) is 0 Å². The van der Waals surface area contributed by atoms with E-state index in [9.17, 15) is 9.18 Å². The first-order valence-corrected chi connectivity index (χ1v) is 10.3. The third-order valence-corrected chi connectivity index (χ3v) is 5.03. The highest BCUT2D eigenvalue weighted by Crippen LogP contribution is 2.32. The molecule has 8 heteroatoms. The van der Waals surface area contributed by atoms with E-state index in [-0.39, 0.29) is 18.5 Å². The van der Waals surface area contributed by atoms with Crippen LogP contribution in [-0.4, -0.2) is 22.7 Å². The molecular weight excluding hydrogens is 423 g/mol. The average molecular weight is 442 g/mol. The van der Waals surface area contributed by atoms with Gasteiger partial charge in [0.2, 0.25) is 6.79 Å². The Bertz CT molecular complexity index is 1330. The summed E-state index contributed by atoms with van der Waals surface area (Å²) in [5, 5.41) is 6.08. The van der Waals surface area contributed by atoms with E-state index in [4.69, 9.17) is 9.47 Å². The van der Waals surface area contributed by atoms with Crippen molar-refractivity contribution >= 4 is 17.4 Å². The van der Waals surface area contributed by atoms with Gasteiger partial charge in [-0.25, -0.2) is 14.4 Å². The molecule has 0 radical (unpaired) electrons. The lowest BCUT2D eigenvalue weighted by Gasteiger charge is -2.10. The summed E-state index contributed by atoms with van der Waals surface area (Å²) < 4.78 is 24.2. The molecule has 4 aromatic rings. The number of amides is 1. The second kappa shape index (κ2) is 8.96. The number of nitrogens with one attached hydrogen (secondary N) is 2. The Labute approximate surface area is 189 Å². The van der Waals surface area contributed by atoms with Gasteiger partial charge in [0.15, 0.2) is 17.3 Å². The zero-order valence-corrected chi connectivity index (χ0v) is 17.4. The van der Waals surface area contributed by atoms with Crippen molar-refractivity contribution in [3.8, 4) is 22.9 Å². The summed E-state index contributed by atoms with van der Waals surface area (Å²) >= 11 is 0. The van der Waals surface area contributed by atoms with Gasteiger partial charge >= 0.3 is 0 Å². The van der Waals surface area contributed by atoms with Crippen LogP contribution in [0.25, 0.3) is 11.4 Å². The number of halogens is 1. The van der Waals surface area contributed by atoms with Crippen LogP contribution in [0.5, 0.6) is 11.5 Å². The van der Waals surface area contributed by atoms with Crippen LogP contribution in [0.15, 0.2) is 79.0 Å². The minimum absolute atomic E-state index is 0.209. The number of hydrogen-bond donors (Lipinski definition) is 2. The first-order chi connectivity index (χ1) is 16.1. The molecule has 0 fully saturated rings. The van der Waals surface area contributed by atoms with E-state index < -0.39 is 0 Å². The Hall–Kier alpha value is -4.46. The lowest BCUT2D eigenvalue weighted by molar-refractivity contribution is 0.0951. The van der Waals surface area contributed by atoms with E-state index in [1.807, 2.05) is 24.3 Å². The maximum Gasteiger partial charge on any atom is 0.251 e. The molecule has 164 valence electrons. The van der Waals surface area contributed by atoms with Crippen LogP contribution >= 0.6 is 0 Å². The fourth-order valence-corrected chi connectivity index (χ4v) is 3.42. The predicted molar refractivity (Wildman–Crippen MR) is 121 cm³/mol. The summed E-state index contributed by atoms with van der Waals surface area (Å²) in [6.45, 7) is 0.567. The molecule has 0 saturated heterocycles. The number of nitrogens with zero attached hydrogens (tertiary/aromatic N) is 2. The number of carbonyl (C=O) groups excluding carboxylic acids is 1. The number of ether oxygens (including phenoxy) is 2. The second-order valence-electron chi connectivity index (χ2n) is 7.35. The van der Waals surface area contributed by atoms with Gasteiger partial charge in [0.05, 0.1) is 0 Å². The number of carbonyl (C=O) groups is 1. The van der Waals surface area contributed by atoms with E-state index in [2.05, 4.69) is 20.6 Å². The largest absolute Gasteiger partial charge is 0.454 e. The number of fused-ring (bicyclic) bond motifs is 1. The van der Waals surface area contributed by atoms with E-state index >= 15 is 0 Å². The molecular formula is C25H19FN4O3. The fraction of sp³-hybridized carbons (Fsp3) is 0.0800. The number of anilines is 2. The molecule has 0 bridgehead atoms. The van der Waals surface area contributed by atoms with Crippen LogP contribution in [0, 0.1) is 5.82 Å². The molecule has 33 heavy (non-hydrogen) atoms. The monoisotopic (exact) mass is 442 g/mol. The molecule has 0 aliphatic carbocycles. The van der Waals surface area contributed by atoms with Crippen molar-refractivity contribution in [3.63, 3.8) is 0 Å². The van der Waals surface area contributed by atoms with Crippen molar-refractivity contribution in [1.82, 2.24) is 15.3 Å². The Kier molecular flexibility index (Phi) is 5.55. The minimum Gasteiger partial charge on any atom is -0.454 e. The summed E-state index contributed by atoms with van der Waals surface area (Å²) in [5.41, 5.74) is 2.68. The van der Waals surface area contributed by atoms with Crippen LogP contribution < -0.4 is 20.1 Å². The van der Waals surface area contributed by atoms with Gasteiger partial charge < -0.3 is 20.1 Å². The SMILES string of the molecule is O=C(NCc1ccc2c(c1)OCO2)c1cccc(Nc2ccnc(-c3cccc(F)c3)n2)c1. The third-order valence-electron chi connectivity index (χ3n) is 5.03. The molecule has 7 nitrogen and oxygen atoms in total. The highest BCUT2D eigenvalue weighted by atomic mass is 19.1. The van der Waals surface area contributed by atoms with Gasteiger partial charge in [-0.3, -0.25) is 4.79 Å². The summed E-state index contributed by atoms with van der Waals surface area (Å²) in [7, 11) is 0. The van der Waals surface area contributed by atoms with Gasteiger partial charge in [-0.1, -0.05) is 24.3 Å². The Morgan fingerprint density at radius 3 is 2.76 bits per heavy atom. The van der Waals surface area contributed by atoms with Crippen molar-refractivity contribution in [3.05, 3.63) is 95.9 Å². The molecule has 1 aliphatic heterocycles. The topological polar surface area (TPSA) is 85.4 Å². The van der Waals surface area contributed by atoms with Gasteiger partial charge in [-0.2, -0.15) is 0 Å². The molecule has 1 amide bonds. The van der Waals surface area contributed by atoms with Crippen LogP contribution in [0.1, 0.15) is 15.9 Å². The predicted octanol–water partition coefficient (Wildman–Crippen LogP) is 4.69. The van der Waals surface area contributed by atoms with Gasteiger partial charge in [-0.05, 0) is 54.1 Å². The minimum atomic E-state index is -0.353. The van der Waals surface area contributed by atoms with Gasteiger partial charge in [0.25, 0.3) is 5.91 Å². The van der Waals surface area contributed by atoms with Crippen molar-refractivity contribution < 1.29 is 18.7 Å². The first-order valence-electron chi connectivity index (χ1n) is 10.3. The Morgan fingerprint density at radius 1 is 0.970 bits per heavy atom. The zero-order valence-electron chi connectivity index (χ0n) is 17.4. The van der Waals surface area contributed by atoms with Crippen molar-refractivity contribution in [2.45, 2.75) is 6.54 Å². The average Bonchev–Trinajstić information content (AvgIpc) is 3.31. The third kappa shape index (κ3) is 4.74. The van der Waals surface area contributed by atoms with Gasteiger partial charge in [0.1, 0.15) is 11.6 Å². The molecule has 2 N–H and O–H groups in total. The number of aromatic nitrogens is 2. The second-order valence-corrected chi connectivity index (χ2v) is 7.35. The Morgan fingerprint density at radius 2 is 1.85 bits per heavy atom. The lowest BCUT2D eigenvalue weighted by Crippen LogP contribution is -2.22. The molecule has 1 aromatic heterocycles. The highest BCUT2D eigenvalue weighted by Gasteiger charge is 2.14. The van der Waals surface area contributed by atoms with Crippen molar-refractivity contribution in [2.75, 3.05) is 12.1 Å². The van der Waals surface area contributed by atoms with E-state index in [1.165, 1.54) is 12.1 Å². The zero-order chi connectivity index (χ0) is 22.6. The molecule has 0 spiro atoms. The number of rotatable bonds is 6. The number of hydrogen-bond acceptors (Lipinski definition) is 6. The van der Waals surface area contributed by atoms with Crippen LogP contribution in [0.4, 0.5) is 15.9 Å². The van der Waals surface area contributed by atoms with Crippen molar-refractivity contribution in [2.24, 2.45) is 0 Å². The van der Waals surface area contributed by atoms with Crippen molar-refractivity contribution in [1.29, 1.82) is 0 Å². The molecule has 5 rings (SSSR count). The lowest BCUT2D eigenvalue weighted by atomic mass is 10.1. The van der Waals surface area contributed by atoms with E-state index in [0.29, 0.717) is 46.5 Å². The summed E-state index contributed by atoms with van der Waals surface area (Å²) in [4.78, 5) is 21.3. The summed E-state index contributed by atoms with van der Waals surface area (Å²) in [6, 6.07) is 20.5. The molecule has 0 atom stereocenters. The maximum absolute atomic E-state index is 13.5. The normalized spacial score (nSPS) is 11.8. The highest BCUT2D eigenvalue weighted by molar-refractivity contribution is 5.95. The number of benzene rings is 3. The van der Waals surface area contributed by atoms with E-state index in [1.54, 1.807) is 42.6 Å². The van der Waals surface area contributed by atoms with Crippen LogP contribution in [0.3, 0.4) is 0 Å². The van der Waals surface area contributed by atoms with Crippen LogP contribution in [-0.2, 0) is 6.54 Å². The Balaban J connectivity index is 1.26. The molecule has 1 aliphatic rings. The van der Waals surface area contributed by atoms with Gasteiger partial charge in [0, 0.05) is 29.6 Å². The van der Waals surface area contributed by atoms with Gasteiger partial charge in [-0.15, -0.1) is 0 Å². The molecule has 2 heterocycles. The quantitative estimate of drug-likeness (QED) is 0.451. The maximum atomic E-state index is 13.5. The summed E-state index contributed by atoms with van der Waals surface area (Å²) in [5.74, 6) is 1.75. The molecule has 3 aromatic carbocycles. The molecule has 0 unspecified atom stereocenters. The standard InChI is InChI=1S/C25H19FN4O3/c26-19-5-1-3-17(12-19)24-27-10-9-23(30-24)29-20-6-2-4-18(13-20)25(31)28-14-16-7-8-21-22(11-16)33-15-32-21/h1-13H,14-15H2,(H,28,31)(H,27,29,30).